The van der Waals surface area contributed by atoms with Crippen LogP contribution in [0, 0.1) is 32.6 Å². The molecule has 1 aliphatic carbocycles. The largest absolute Gasteiger partial charge is 0.383 e. The number of hydrogen-bond donors (Lipinski definition) is 3. The standard InChI is InChI=1S/C25H33N5O2S/c1-16-12-17(2)23(18(3)13-16)33(31,32)28-15-20-10-8-19(9-11-20)14-27-25-29-22-7-5-4-6-21(22)24(26)30-25/h4-7,12-13,19-20,28H,8-11,14-15H2,1-3H3,(H3,26,27,29,30). The third-order valence-corrected chi connectivity index (χ3v) is 8.31. The first-order valence-electron chi connectivity index (χ1n) is 11.6. The summed E-state index contributed by atoms with van der Waals surface area (Å²) in [6.07, 6.45) is 4.10. The number of benzene rings is 2. The molecule has 0 spiro atoms. The van der Waals surface area contributed by atoms with Gasteiger partial charge < -0.3 is 11.1 Å². The molecule has 0 atom stereocenters. The van der Waals surface area contributed by atoms with Crippen LogP contribution in [-0.4, -0.2) is 31.5 Å². The van der Waals surface area contributed by atoms with Crippen LogP contribution in [0.15, 0.2) is 41.3 Å². The number of fused-ring (bicyclic) bond motifs is 1. The maximum Gasteiger partial charge on any atom is 0.241 e. The zero-order chi connectivity index (χ0) is 23.6. The normalized spacial score (nSPS) is 19.0. The van der Waals surface area contributed by atoms with Gasteiger partial charge in [-0.1, -0.05) is 29.8 Å². The molecule has 0 bridgehead atoms. The molecular formula is C25H33N5O2S. The summed E-state index contributed by atoms with van der Waals surface area (Å²) in [6.45, 7) is 6.98. The van der Waals surface area contributed by atoms with Crippen LogP contribution in [0.25, 0.3) is 10.9 Å². The fourth-order valence-corrected chi connectivity index (χ4v) is 6.51. The van der Waals surface area contributed by atoms with Crippen molar-refractivity contribution in [2.45, 2.75) is 51.3 Å². The maximum atomic E-state index is 12.9. The Morgan fingerprint density at radius 2 is 1.55 bits per heavy atom. The van der Waals surface area contributed by atoms with Crippen LogP contribution in [0.3, 0.4) is 0 Å². The highest BCUT2D eigenvalue weighted by Crippen LogP contribution is 2.30. The Morgan fingerprint density at radius 3 is 2.21 bits per heavy atom. The number of aromatic nitrogens is 2. The van der Waals surface area contributed by atoms with E-state index in [1.807, 2.05) is 57.2 Å². The Balaban J connectivity index is 1.28. The van der Waals surface area contributed by atoms with Gasteiger partial charge in [-0.15, -0.1) is 0 Å². The first-order chi connectivity index (χ1) is 15.7. The number of nitrogens with zero attached hydrogens (tertiary/aromatic N) is 2. The molecule has 33 heavy (non-hydrogen) atoms. The number of sulfonamides is 1. The minimum atomic E-state index is -3.51. The minimum absolute atomic E-state index is 0.356. The van der Waals surface area contributed by atoms with Crippen molar-refractivity contribution in [3.63, 3.8) is 0 Å². The molecule has 0 saturated heterocycles. The smallest absolute Gasteiger partial charge is 0.241 e. The lowest BCUT2D eigenvalue weighted by Gasteiger charge is -2.29. The molecule has 176 valence electrons. The van der Waals surface area contributed by atoms with E-state index in [9.17, 15) is 8.42 Å². The van der Waals surface area contributed by atoms with Crippen molar-refractivity contribution in [2.75, 3.05) is 24.1 Å². The topological polar surface area (TPSA) is 110 Å². The van der Waals surface area contributed by atoms with Gasteiger partial charge in [0.15, 0.2) is 0 Å². The SMILES string of the molecule is Cc1cc(C)c(S(=O)(=O)NCC2CCC(CNc3nc(N)c4ccccc4n3)CC2)c(C)c1. The Labute approximate surface area is 196 Å². The van der Waals surface area contributed by atoms with Crippen LogP contribution < -0.4 is 15.8 Å². The zero-order valence-electron chi connectivity index (χ0n) is 19.6. The molecule has 1 aromatic heterocycles. The highest BCUT2D eigenvalue weighted by molar-refractivity contribution is 7.89. The molecule has 3 aromatic rings. The third kappa shape index (κ3) is 5.45. The Bertz CT molecular complexity index is 1230. The summed E-state index contributed by atoms with van der Waals surface area (Å²) < 4.78 is 28.7. The summed E-state index contributed by atoms with van der Waals surface area (Å²) in [6, 6.07) is 11.6. The van der Waals surface area contributed by atoms with Gasteiger partial charge >= 0.3 is 0 Å². The highest BCUT2D eigenvalue weighted by atomic mass is 32.2. The van der Waals surface area contributed by atoms with Crippen LogP contribution in [0.2, 0.25) is 0 Å². The van der Waals surface area contributed by atoms with E-state index >= 15 is 0 Å². The maximum absolute atomic E-state index is 12.9. The number of anilines is 2. The van der Waals surface area contributed by atoms with Crippen molar-refractivity contribution in [1.82, 2.24) is 14.7 Å². The van der Waals surface area contributed by atoms with Gasteiger partial charge in [0.1, 0.15) is 5.82 Å². The van der Waals surface area contributed by atoms with Crippen molar-refractivity contribution in [2.24, 2.45) is 11.8 Å². The fourth-order valence-electron chi connectivity index (χ4n) is 4.95. The van der Waals surface area contributed by atoms with E-state index in [1.54, 1.807) is 0 Å². The van der Waals surface area contributed by atoms with E-state index < -0.39 is 10.0 Å². The zero-order valence-corrected chi connectivity index (χ0v) is 20.4. The number of rotatable bonds is 7. The van der Waals surface area contributed by atoms with Crippen molar-refractivity contribution in [3.05, 3.63) is 53.1 Å². The number of nitrogen functional groups attached to an aromatic ring is 1. The average molecular weight is 468 g/mol. The van der Waals surface area contributed by atoms with Gasteiger partial charge in [0.25, 0.3) is 0 Å². The van der Waals surface area contributed by atoms with E-state index in [2.05, 4.69) is 20.0 Å². The molecule has 4 rings (SSSR count). The lowest BCUT2D eigenvalue weighted by molar-refractivity contribution is 0.284. The van der Waals surface area contributed by atoms with Gasteiger partial charge in [0, 0.05) is 18.5 Å². The summed E-state index contributed by atoms with van der Waals surface area (Å²) in [7, 11) is -3.51. The van der Waals surface area contributed by atoms with Gasteiger partial charge in [0.2, 0.25) is 16.0 Å². The van der Waals surface area contributed by atoms with Crippen LogP contribution in [-0.2, 0) is 10.0 Å². The van der Waals surface area contributed by atoms with E-state index in [1.165, 1.54) is 0 Å². The quantitative estimate of drug-likeness (QED) is 0.477. The average Bonchev–Trinajstić information content (AvgIpc) is 2.76. The van der Waals surface area contributed by atoms with E-state index in [4.69, 9.17) is 5.73 Å². The molecular weight excluding hydrogens is 434 g/mol. The van der Waals surface area contributed by atoms with Crippen LogP contribution >= 0.6 is 0 Å². The van der Waals surface area contributed by atoms with E-state index in [0.29, 0.717) is 35.0 Å². The lowest BCUT2D eigenvalue weighted by atomic mass is 9.82. The number of hydrogen-bond acceptors (Lipinski definition) is 6. The minimum Gasteiger partial charge on any atom is -0.383 e. The van der Waals surface area contributed by atoms with Crippen molar-refractivity contribution in [1.29, 1.82) is 0 Å². The second kappa shape index (κ2) is 9.65. The molecule has 8 heteroatoms. The van der Waals surface area contributed by atoms with Crippen LogP contribution in [0.1, 0.15) is 42.4 Å². The summed E-state index contributed by atoms with van der Waals surface area (Å²) >= 11 is 0. The first kappa shape index (κ1) is 23.4. The Morgan fingerprint density at radius 1 is 0.939 bits per heavy atom. The van der Waals surface area contributed by atoms with Crippen molar-refractivity contribution < 1.29 is 8.42 Å². The van der Waals surface area contributed by atoms with Crippen molar-refractivity contribution >= 4 is 32.7 Å². The molecule has 7 nitrogen and oxygen atoms in total. The van der Waals surface area contributed by atoms with E-state index in [-0.39, 0.29) is 0 Å². The molecule has 2 aromatic carbocycles. The van der Waals surface area contributed by atoms with Crippen LogP contribution in [0.4, 0.5) is 11.8 Å². The molecule has 1 fully saturated rings. The first-order valence-corrected chi connectivity index (χ1v) is 13.0. The van der Waals surface area contributed by atoms with Gasteiger partial charge in [-0.2, -0.15) is 4.98 Å². The molecule has 1 saturated carbocycles. The number of aryl methyl sites for hydroxylation is 3. The van der Waals surface area contributed by atoms with Gasteiger partial charge in [-0.05, 0) is 81.5 Å². The summed E-state index contributed by atoms with van der Waals surface area (Å²) in [5.41, 5.74) is 9.58. The van der Waals surface area contributed by atoms with Gasteiger partial charge in [-0.3, -0.25) is 0 Å². The third-order valence-electron chi connectivity index (χ3n) is 6.58. The van der Waals surface area contributed by atoms with Gasteiger partial charge in [0.05, 0.1) is 10.4 Å². The number of nitrogens with one attached hydrogen (secondary N) is 2. The predicted molar refractivity (Wildman–Crippen MR) is 134 cm³/mol. The second-order valence-corrected chi connectivity index (χ2v) is 11.0. The van der Waals surface area contributed by atoms with Crippen molar-refractivity contribution in [3.8, 4) is 0 Å². The molecule has 0 radical (unpaired) electrons. The molecule has 0 aliphatic heterocycles. The molecule has 1 heterocycles. The molecule has 0 amide bonds. The monoisotopic (exact) mass is 467 g/mol. The predicted octanol–water partition coefficient (Wildman–Crippen LogP) is 4.33. The molecule has 0 unspecified atom stereocenters. The highest BCUT2D eigenvalue weighted by Gasteiger charge is 2.25. The summed E-state index contributed by atoms with van der Waals surface area (Å²) in [5, 5.41) is 4.21. The summed E-state index contributed by atoms with van der Waals surface area (Å²) in [4.78, 5) is 9.36. The molecule has 4 N–H and O–H groups in total. The number of nitrogens with two attached hydrogens (primary N) is 1. The van der Waals surface area contributed by atoms with E-state index in [0.717, 1.165) is 59.8 Å². The van der Waals surface area contributed by atoms with Crippen LogP contribution in [0.5, 0.6) is 0 Å². The lowest BCUT2D eigenvalue weighted by Crippen LogP contribution is -2.33. The second-order valence-electron chi connectivity index (χ2n) is 9.30. The Hall–Kier alpha value is -2.71. The molecule has 1 aliphatic rings. The summed E-state index contributed by atoms with van der Waals surface area (Å²) in [5.74, 6) is 1.91. The van der Waals surface area contributed by atoms with Gasteiger partial charge in [-0.25, -0.2) is 18.1 Å². The number of para-hydroxylation sites is 1. The Kier molecular flexibility index (Phi) is 6.86. The fraction of sp³-hybridized carbons (Fsp3) is 0.440.